The predicted molar refractivity (Wildman–Crippen MR) is 37.3 cm³/mol. The lowest BCUT2D eigenvalue weighted by atomic mass is 10.5. The van der Waals surface area contributed by atoms with Gasteiger partial charge in [-0.25, -0.2) is 0 Å². The maximum absolute atomic E-state index is 3.63. The van der Waals surface area contributed by atoms with E-state index in [1.54, 1.807) is 12.3 Å². The molecule has 0 saturated carbocycles. The Hall–Kier alpha value is -0.980. The highest BCUT2D eigenvalue weighted by Crippen LogP contribution is 1.77. The van der Waals surface area contributed by atoms with Crippen LogP contribution >= 0.6 is 0 Å². The Morgan fingerprint density at radius 1 is 1.62 bits per heavy atom. The van der Waals surface area contributed by atoms with Gasteiger partial charge in [-0.05, 0) is 13.0 Å². The van der Waals surface area contributed by atoms with Crippen molar-refractivity contribution < 1.29 is 0 Å². The molecule has 0 saturated heterocycles. The summed E-state index contributed by atoms with van der Waals surface area (Å²) in [5.41, 5.74) is 0.933. The summed E-state index contributed by atoms with van der Waals surface area (Å²) in [6.07, 6.45) is 5.31. The maximum Gasteiger partial charge on any atom is 0.00420 e. The standard InChI is InChI=1S/C7H11N/c1-4-5-6-8-7(2)3/h4-6,8H,1-2H2,3H3/b6-5-. The summed E-state index contributed by atoms with van der Waals surface area (Å²) >= 11 is 0. The van der Waals surface area contributed by atoms with E-state index in [0.29, 0.717) is 0 Å². The first-order valence-corrected chi connectivity index (χ1v) is 2.47. The summed E-state index contributed by atoms with van der Waals surface area (Å²) in [6.45, 7) is 9.03. The van der Waals surface area contributed by atoms with Gasteiger partial charge in [-0.15, -0.1) is 0 Å². The van der Waals surface area contributed by atoms with Crippen LogP contribution in [-0.4, -0.2) is 0 Å². The zero-order chi connectivity index (χ0) is 6.41. The molecule has 0 spiro atoms. The first-order valence-electron chi connectivity index (χ1n) is 2.47. The van der Waals surface area contributed by atoms with Gasteiger partial charge in [0.1, 0.15) is 0 Å². The van der Waals surface area contributed by atoms with Gasteiger partial charge in [0.15, 0.2) is 0 Å². The van der Waals surface area contributed by atoms with E-state index in [1.807, 2.05) is 13.0 Å². The molecule has 0 aliphatic carbocycles. The highest BCUT2D eigenvalue weighted by molar-refractivity contribution is 5.00. The van der Waals surface area contributed by atoms with Crippen LogP contribution in [0, 0.1) is 0 Å². The van der Waals surface area contributed by atoms with Crippen molar-refractivity contribution in [3.05, 3.63) is 37.2 Å². The van der Waals surface area contributed by atoms with E-state index < -0.39 is 0 Å². The Bertz CT molecular complexity index is 112. The molecule has 0 heterocycles. The lowest BCUT2D eigenvalue weighted by molar-refractivity contribution is 1.07. The average Bonchev–Trinajstić information content (AvgIpc) is 1.66. The van der Waals surface area contributed by atoms with Gasteiger partial charge in [0.05, 0.1) is 0 Å². The summed E-state index contributed by atoms with van der Waals surface area (Å²) in [7, 11) is 0. The van der Waals surface area contributed by atoms with Gasteiger partial charge in [0, 0.05) is 11.9 Å². The first-order chi connectivity index (χ1) is 3.77. The minimum absolute atomic E-state index is 0.933. The molecule has 0 atom stereocenters. The third-order valence-corrected chi connectivity index (χ3v) is 0.562. The molecule has 44 valence electrons. The fraction of sp³-hybridized carbons (Fsp3) is 0.143. The van der Waals surface area contributed by atoms with Crippen LogP contribution in [0.3, 0.4) is 0 Å². The Balaban J connectivity index is 3.29. The molecule has 0 aromatic heterocycles. The summed E-state index contributed by atoms with van der Waals surface area (Å²) in [6, 6.07) is 0. The number of hydrogen-bond donors (Lipinski definition) is 1. The summed E-state index contributed by atoms with van der Waals surface area (Å²) in [4.78, 5) is 0. The summed E-state index contributed by atoms with van der Waals surface area (Å²) in [5.74, 6) is 0. The molecule has 8 heavy (non-hydrogen) atoms. The summed E-state index contributed by atoms with van der Waals surface area (Å²) in [5, 5.41) is 2.90. The molecule has 0 amide bonds. The molecular formula is C7H11N. The molecule has 0 fully saturated rings. The van der Waals surface area contributed by atoms with Crippen molar-refractivity contribution in [3.63, 3.8) is 0 Å². The molecule has 1 N–H and O–H groups in total. The Morgan fingerprint density at radius 3 is 2.62 bits per heavy atom. The Kier molecular flexibility index (Phi) is 3.67. The van der Waals surface area contributed by atoms with Crippen LogP contribution in [0.4, 0.5) is 0 Å². The van der Waals surface area contributed by atoms with E-state index >= 15 is 0 Å². The van der Waals surface area contributed by atoms with Crippen molar-refractivity contribution >= 4 is 0 Å². The van der Waals surface area contributed by atoms with Crippen LogP contribution in [0.2, 0.25) is 0 Å². The van der Waals surface area contributed by atoms with Gasteiger partial charge in [0.25, 0.3) is 0 Å². The second-order valence-electron chi connectivity index (χ2n) is 1.52. The monoisotopic (exact) mass is 109 g/mol. The third kappa shape index (κ3) is 5.02. The van der Waals surface area contributed by atoms with Gasteiger partial charge in [0.2, 0.25) is 0 Å². The summed E-state index contributed by atoms with van der Waals surface area (Å²) < 4.78 is 0. The molecule has 0 aromatic rings. The van der Waals surface area contributed by atoms with Crippen LogP contribution in [0.1, 0.15) is 6.92 Å². The normalized spacial score (nSPS) is 9.12. The Labute approximate surface area is 50.4 Å². The number of allylic oxidation sites excluding steroid dienone is 3. The van der Waals surface area contributed by atoms with Crippen LogP contribution in [0.25, 0.3) is 0 Å². The fourth-order valence-electron chi connectivity index (χ4n) is 0.258. The van der Waals surface area contributed by atoms with Crippen molar-refractivity contribution in [2.75, 3.05) is 0 Å². The third-order valence-electron chi connectivity index (χ3n) is 0.562. The molecule has 1 heteroatoms. The highest BCUT2D eigenvalue weighted by atomic mass is 14.8. The van der Waals surface area contributed by atoms with Gasteiger partial charge in [-0.3, -0.25) is 0 Å². The van der Waals surface area contributed by atoms with Gasteiger partial charge < -0.3 is 5.32 Å². The minimum atomic E-state index is 0.933. The van der Waals surface area contributed by atoms with E-state index in [9.17, 15) is 0 Å². The van der Waals surface area contributed by atoms with Crippen LogP contribution in [0.5, 0.6) is 0 Å². The van der Waals surface area contributed by atoms with Crippen molar-refractivity contribution in [3.8, 4) is 0 Å². The predicted octanol–water partition coefficient (Wildman–Crippen LogP) is 1.81. The van der Waals surface area contributed by atoms with Gasteiger partial charge >= 0.3 is 0 Å². The number of rotatable bonds is 3. The van der Waals surface area contributed by atoms with E-state index in [4.69, 9.17) is 0 Å². The second kappa shape index (κ2) is 4.19. The molecule has 0 radical (unpaired) electrons. The molecule has 0 aliphatic heterocycles. The topological polar surface area (TPSA) is 12.0 Å². The zero-order valence-corrected chi connectivity index (χ0v) is 5.15. The van der Waals surface area contributed by atoms with E-state index in [1.165, 1.54) is 0 Å². The van der Waals surface area contributed by atoms with Crippen molar-refractivity contribution in [1.82, 2.24) is 5.32 Å². The van der Waals surface area contributed by atoms with Crippen molar-refractivity contribution in [2.45, 2.75) is 6.92 Å². The molecule has 0 aromatic carbocycles. The fourth-order valence-corrected chi connectivity index (χ4v) is 0.258. The molecule has 0 rings (SSSR count). The molecule has 0 bridgehead atoms. The van der Waals surface area contributed by atoms with Gasteiger partial charge in [-0.1, -0.05) is 19.2 Å². The highest BCUT2D eigenvalue weighted by Gasteiger charge is 1.69. The molecule has 0 unspecified atom stereocenters. The Morgan fingerprint density at radius 2 is 2.25 bits per heavy atom. The maximum atomic E-state index is 3.63. The quantitative estimate of drug-likeness (QED) is 0.545. The van der Waals surface area contributed by atoms with Crippen LogP contribution < -0.4 is 5.32 Å². The van der Waals surface area contributed by atoms with Crippen LogP contribution in [-0.2, 0) is 0 Å². The largest absolute Gasteiger partial charge is 0.366 e. The van der Waals surface area contributed by atoms with Crippen molar-refractivity contribution in [1.29, 1.82) is 0 Å². The zero-order valence-electron chi connectivity index (χ0n) is 5.15. The molecule has 0 aliphatic rings. The average molecular weight is 109 g/mol. The van der Waals surface area contributed by atoms with Crippen molar-refractivity contribution in [2.24, 2.45) is 0 Å². The minimum Gasteiger partial charge on any atom is -0.366 e. The van der Waals surface area contributed by atoms with Crippen LogP contribution in [0.15, 0.2) is 37.2 Å². The number of nitrogens with one attached hydrogen (secondary N) is 1. The SMILES string of the molecule is C=C/C=C\NC(=C)C. The molecule has 1 nitrogen and oxygen atoms in total. The number of hydrogen-bond acceptors (Lipinski definition) is 1. The second-order valence-corrected chi connectivity index (χ2v) is 1.52. The van der Waals surface area contributed by atoms with E-state index in [0.717, 1.165) is 5.70 Å². The smallest absolute Gasteiger partial charge is 0.00420 e. The van der Waals surface area contributed by atoms with Gasteiger partial charge in [-0.2, -0.15) is 0 Å². The lowest BCUT2D eigenvalue weighted by Crippen LogP contribution is -1.97. The van der Waals surface area contributed by atoms with E-state index in [-0.39, 0.29) is 0 Å². The molecular weight excluding hydrogens is 98.1 g/mol. The first kappa shape index (κ1) is 7.02. The lowest BCUT2D eigenvalue weighted by Gasteiger charge is -1.92. The van der Waals surface area contributed by atoms with E-state index in [2.05, 4.69) is 18.5 Å².